The van der Waals surface area contributed by atoms with Crippen LogP contribution in [-0.2, 0) is 12.8 Å². The highest BCUT2D eigenvalue weighted by molar-refractivity contribution is 8.00. The van der Waals surface area contributed by atoms with Gasteiger partial charge in [-0.3, -0.25) is 0 Å². The summed E-state index contributed by atoms with van der Waals surface area (Å²) in [4.78, 5) is 0. The van der Waals surface area contributed by atoms with Crippen LogP contribution in [0.1, 0.15) is 33.9 Å². The number of benzene rings is 2. The number of hydrogen-bond donors (Lipinski definition) is 3. The zero-order valence-electron chi connectivity index (χ0n) is 16.2. The lowest BCUT2D eigenvalue weighted by Crippen LogP contribution is -2.42. The SMILES string of the molecule is COc1ccc(Cc2cc(C3CC(O)[C@H](O)C(CO)S3)c3c(c2Cl)OCC3)cc1. The van der Waals surface area contributed by atoms with E-state index in [0.717, 1.165) is 40.2 Å². The van der Waals surface area contributed by atoms with E-state index in [9.17, 15) is 15.3 Å². The molecule has 0 spiro atoms. The molecule has 29 heavy (non-hydrogen) atoms. The molecule has 1 fully saturated rings. The summed E-state index contributed by atoms with van der Waals surface area (Å²) in [5, 5.41) is 30.3. The molecule has 5 nitrogen and oxygen atoms in total. The zero-order valence-corrected chi connectivity index (χ0v) is 17.7. The summed E-state index contributed by atoms with van der Waals surface area (Å²) >= 11 is 8.21. The summed E-state index contributed by atoms with van der Waals surface area (Å²) in [7, 11) is 1.64. The van der Waals surface area contributed by atoms with Crippen molar-refractivity contribution in [1.82, 2.24) is 0 Å². The van der Waals surface area contributed by atoms with Crippen LogP contribution in [0, 0.1) is 0 Å². The van der Waals surface area contributed by atoms with Crippen LogP contribution in [0.3, 0.4) is 0 Å². The molecule has 3 unspecified atom stereocenters. The highest BCUT2D eigenvalue weighted by atomic mass is 35.5. The van der Waals surface area contributed by atoms with Gasteiger partial charge in [0.15, 0.2) is 0 Å². The van der Waals surface area contributed by atoms with Crippen LogP contribution in [0.25, 0.3) is 0 Å². The highest BCUT2D eigenvalue weighted by Gasteiger charge is 2.38. The first-order valence-corrected chi connectivity index (χ1v) is 11.1. The molecule has 2 aromatic rings. The van der Waals surface area contributed by atoms with E-state index in [4.69, 9.17) is 21.1 Å². The third-order valence-corrected chi connectivity index (χ3v) is 7.65. The Balaban J connectivity index is 1.69. The number of fused-ring (bicyclic) bond motifs is 1. The molecular weight excluding hydrogens is 412 g/mol. The van der Waals surface area contributed by atoms with Crippen molar-refractivity contribution in [3.8, 4) is 11.5 Å². The first-order valence-electron chi connectivity index (χ1n) is 9.74. The molecule has 2 aliphatic heterocycles. The van der Waals surface area contributed by atoms with Gasteiger partial charge in [-0.2, -0.15) is 0 Å². The third-order valence-electron chi connectivity index (χ3n) is 5.68. The monoisotopic (exact) mass is 436 g/mol. The summed E-state index contributed by atoms with van der Waals surface area (Å²) in [6.07, 6.45) is 0.0671. The Labute approximate surface area is 179 Å². The van der Waals surface area contributed by atoms with Gasteiger partial charge in [-0.1, -0.05) is 29.8 Å². The Kier molecular flexibility index (Phi) is 6.27. The average molecular weight is 437 g/mol. The van der Waals surface area contributed by atoms with Crippen LogP contribution in [-0.4, -0.2) is 53.1 Å². The predicted molar refractivity (Wildman–Crippen MR) is 114 cm³/mol. The van der Waals surface area contributed by atoms with Crippen LogP contribution in [0.5, 0.6) is 11.5 Å². The van der Waals surface area contributed by atoms with Crippen LogP contribution >= 0.6 is 23.4 Å². The second-order valence-electron chi connectivity index (χ2n) is 7.51. The number of aliphatic hydroxyl groups excluding tert-OH is 3. The van der Waals surface area contributed by atoms with Gasteiger partial charge in [-0.05, 0) is 41.7 Å². The molecule has 1 saturated heterocycles. The summed E-state index contributed by atoms with van der Waals surface area (Å²) in [5.74, 6) is 1.54. The van der Waals surface area contributed by atoms with Gasteiger partial charge in [-0.25, -0.2) is 0 Å². The average Bonchev–Trinajstić information content (AvgIpc) is 3.23. The molecule has 0 aromatic heterocycles. The van der Waals surface area contributed by atoms with Gasteiger partial charge in [0.1, 0.15) is 11.5 Å². The number of rotatable bonds is 5. The first-order chi connectivity index (χ1) is 14.0. The number of thioether (sulfide) groups is 1. The molecule has 7 heteroatoms. The summed E-state index contributed by atoms with van der Waals surface area (Å²) in [6, 6.07) is 9.99. The largest absolute Gasteiger partial charge is 0.497 e. The fraction of sp³-hybridized carbons (Fsp3) is 0.455. The third kappa shape index (κ3) is 4.09. The van der Waals surface area contributed by atoms with Crippen molar-refractivity contribution in [2.24, 2.45) is 0 Å². The lowest BCUT2D eigenvalue weighted by molar-refractivity contribution is -0.000225. The Hall–Kier alpha value is -1.44. The fourth-order valence-electron chi connectivity index (χ4n) is 4.10. The van der Waals surface area contributed by atoms with E-state index in [1.165, 1.54) is 11.8 Å². The Morgan fingerprint density at radius 2 is 2.00 bits per heavy atom. The van der Waals surface area contributed by atoms with E-state index < -0.39 is 17.5 Å². The molecule has 0 bridgehead atoms. The Morgan fingerprint density at radius 3 is 2.69 bits per heavy atom. The molecular formula is C22H25ClO5S. The molecule has 156 valence electrons. The second-order valence-corrected chi connectivity index (χ2v) is 9.33. The fourth-order valence-corrected chi connectivity index (χ4v) is 5.90. The Morgan fingerprint density at radius 1 is 1.24 bits per heavy atom. The maximum Gasteiger partial charge on any atom is 0.141 e. The molecule has 4 atom stereocenters. The predicted octanol–water partition coefficient (Wildman–Crippen LogP) is 3.14. The van der Waals surface area contributed by atoms with Crippen molar-refractivity contribution in [3.05, 3.63) is 57.6 Å². The summed E-state index contributed by atoms with van der Waals surface area (Å²) < 4.78 is 11.1. The quantitative estimate of drug-likeness (QED) is 0.668. The van der Waals surface area contributed by atoms with Crippen LogP contribution in [0.15, 0.2) is 30.3 Å². The highest BCUT2D eigenvalue weighted by Crippen LogP contribution is 2.49. The smallest absolute Gasteiger partial charge is 0.141 e. The summed E-state index contributed by atoms with van der Waals surface area (Å²) in [6.45, 7) is 0.407. The molecule has 4 rings (SSSR count). The van der Waals surface area contributed by atoms with Crippen LogP contribution < -0.4 is 9.47 Å². The van der Waals surface area contributed by atoms with Crippen molar-refractivity contribution in [3.63, 3.8) is 0 Å². The number of ether oxygens (including phenoxy) is 2. The molecule has 2 aromatic carbocycles. The maximum absolute atomic E-state index is 10.3. The number of hydrogen-bond acceptors (Lipinski definition) is 6. The van der Waals surface area contributed by atoms with Gasteiger partial charge in [0.2, 0.25) is 0 Å². The van der Waals surface area contributed by atoms with Crippen molar-refractivity contribution in [2.75, 3.05) is 20.3 Å². The lowest BCUT2D eigenvalue weighted by Gasteiger charge is -2.36. The molecule has 0 radical (unpaired) electrons. The van der Waals surface area contributed by atoms with Crippen molar-refractivity contribution < 1.29 is 24.8 Å². The molecule has 0 aliphatic carbocycles. The minimum Gasteiger partial charge on any atom is -0.497 e. The number of methoxy groups -OCH3 is 1. The second kappa shape index (κ2) is 8.74. The van der Waals surface area contributed by atoms with E-state index in [1.807, 2.05) is 24.3 Å². The minimum atomic E-state index is -0.920. The molecule has 0 saturated carbocycles. The molecule has 0 amide bonds. The lowest BCUT2D eigenvalue weighted by atomic mass is 9.92. The van der Waals surface area contributed by atoms with Gasteiger partial charge >= 0.3 is 0 Å². The standard InChI is InChI=1S/C22H25ClO5S/c1-27-14-4-2-12(3-5-14)8-13-9-16(15-6-7-28-22(15)20(13)23)18-10-17(25)21(26)19(11-24)29-18/h2-5,9,17-19,21,24-26H,6-8,10-11H2,1H3/t17?,18?,19?,21-/m0/s1. The number of halogens is 1. The molecule has 2 heterocycles. The van der Waals surface area contributed by atoms with Gasteiger partial charge in [0, 0.05) is 17.2 Å². The molecule has 2 aliphatic rings. The number of aliphatic hydroxyl groups is 3. The summed E-state index contributed by atoms with van der Waals surface area (Å²) in [5.41, 5.74) is 4.23. The van der Waals surface area contributed by atoms with Crippen molar-refractivity contribution in [2.45, 2.75) is 42.0 Å². The van der Waals surface area contributed by atoms with Crippen LogP contribution in [0.2, 0.25) is 5.02 Å². The zero-order chi connectivity index (χ0) is 20.5. The van der Waals surface area contributed by atoms with Crippen molar-refractivity contribution in [1.29, 1.82) is 0 Å². The van der Waals surface area contributed by atoms with Gasteiger partial charge in [0.05, 0.1) is 42.8 Å². The Bertz CT molecular complexity index is 872. The van der Waals surface area contributed by atoms with E-state index >= 15 is 0 Å². The van der Waals surface area contributed by atoms with Crippen LogP contribution in [0.4, 0.5) is 0 Å². The normalized spacial score (nSPS) is 26.1. The maximum atomic E-state index is 10.3. The van der Waals surface area contributed by atoms with E-state index in [-0.39, 0.29) is 11.9 Å². The van der Waals surface area contributed by atoms with Crippen molar-refractivity contribution >= 4 is 23.4 Å². The van der Waals surface area contributed by atoms with Gasteiger partial charge < -0.3 is 24.8 Å². The minimum absolute atomic E-state index is 0.0344. The topological polar surface area (TPSA) is 79.2 Å². The van der Waals surface area contributed by atoms with E-state index in [2.05, 4.69) is 6.07 Å². The first kappa shape index (κ1) is 20.8. The van der Waals surface area contributed by atoms with Gasteiger partial charge in [0.25, 0.3) is 0 Å². The van der Waals surface area contributed by atoms with E-state index in [0.29, 0.717) is 24.5 Å². The van der Waals surface area contributed by atoms with E-state index in [1.54, 1.807) is 7.11 Å². The molecule has 3 N–H and O–H groups in total. The van der Waals surface area contributed by atoms with Gasteiger partial charge in [-0.15, -0.1) is 11.8 Å².